The monoisotopic (exact) mass is 557 g/mol. The summed E-state index contributed by atoms with van der Waals surface area (Å²) in [5, 5.41) is 9.25. The Hall–Kier alpha value is -2.90. The zero-order valence-electron chi connectivity index (χ0n) is 22.6. The Morgan fingerprint density at radius 3 is 2.33 bits per heavy atom. The molecule has 4 nitrogen and oxygen atoms in total. The van der Waals surface area contributed by atoms with Gasteiger partial charge in [-0.1, -0.05) is 48.5 Å². The summed E-state index contributed by atoms with van der Waals surface area (Å²) in [5.41, 5.74) is -1.35. The van der Waals surface area contributed by atoms with Crippen molar-refractivity contribution < 1.29 is 32.3 Å². The van der Waals surface area contributed by atoms with Gasteiger partial charge in [-0.2, -0.15) is 13.2 Å². The molecule has 3 aliphatic carbocycles. The lowest BCUT2D eigenvalue weighted by atomic mass is 9.48. The zero-order chi connectivity index (χ0) is 28.5. The Morgan fingerprint density at radius 1 is 1.00 bits per heavy atom. The van der Waals surface area contributed by atoms with Gasteiger partial charge in [0, 0.05) is 23.9 Å². The molecule has 2 aromatic carbocycles. The second-order valence-electron chi connectivity index (χ2n) is 12.9. The van der Waals surface area contributed by atoms with Gasteiger partial charge in [0.2, 0.25) is 11.6 Å². The molecule has 40 heavy (non-hydrogen) atoms. The van der Waals surface area contributed by atoms with Crippen molar-refractivity contribution in [1.82, 2.24) is 4.90 Å². The molecule has 3 fully saturated rings. The average molecular weight is 558 g/mol. The van der Waals surface area contributed by atoms with E-state index >= 15 is 0 Å². The third kappa shape index (κ3) is 4.24. The van der Waals surface area contributed by atoms with Crippen LogP contribution in [0, 0.1) is 17.3 Å². The number of carboxylic acid groups (broad SMARTS) is 1. The number of fused-ring (bicyclic) bond motifs is 3. The van der Waals surface area contributed by atoms with Gasteiger partial charge < -0.3 is 10.0 Å². The van der Waals surface area contributed by atoms with Crippen LogP contribution in [0.2, 0.25) is 0 Å². The van der Waals surface area contributed by atoms with E-state index in [9.17, 15) is 32.3 Å². The Bertz CT molecular complexity index is 1310. The van der Waals surface area contributed by atoms with E-state index in [1.54, 1.807) is 6.07 Å². The van der Waals surface area contributed by atoms with Crippen LogP contribution in [0.3, 0.4) is 0 Å². The van der Waals surface area contributed by atoms with E-state index in [4.69, 9.17) is 0 Å². The number of amides is 1. The fourth-order valence-electron chi connectivity index (χ4n) is 8.31. The maximum absolute atomic E-state index is 14.9. The summed E-state index contributed by atoms with van der Waals surface area (Å²) in [7, 11) is 0. The molecule has 8 heteroatoms. The van der Waals surface area contributed by atoms with Gasteiger partial charge in [0.1, 0.15) is 0 Å². The molecule has 0 bridgehead atoms. The number of nitrogens with zero attached hydrogens (tertiary/aromatic N) is 1. The van der Waals surface area contributed by atoms with Crippen molar-refractivity contribution in [1.29, 1.82) is 0 Å². The number of likely N-dealkylation sites (tertiary alicyclic amines) is 1. The molecular weight excluding hydrogens is 522 g/mol. The molecule has 1 amide bonds. The Labute approximate surface area is 231 Å². The lowest BCUT2D eigenvalue weighted by Gasteiger charge is -2.57. The van der Waals surface area contributed by atoms with Crippen LogP contribution >= 0.6 is 0 Å². The van der Waals surface area contributed by atoms with Gasteiger partial charge in [-0.05, 0) is 92.4 Å². The molecular formula is C32H35F4NO3. The molecule has 4 aliphatic rings. The third-order valence-electron chi connectivity index (χ3n) is 10.6. The first-order valence-electron chi connectivity index (χ1n) is 14.3. The number of halogens is 4. The Kier molecular flexibility index (Phi) is 6.35. The summed E-state index contributed by atoms with van der Waals surface area (Å²) in [5.74, 6) is -1.01. The number of rotatable bonds is 6. The van der Waals surface area contributed by atoms with Crippen molar-refractivity contribution in [2.45, 2.75) is 88.0 Å². The summed E-state index contributed by atoms with van der Waals surface area (Å²) in [6.45, 7) is 1.16. The lowest BCUT2D eigenvalue weighted by molar-refractivity contribution is -0.228. The van der Waals surface area contributed by atoms with E-state index in [1.165, 1.54) is 12.1 Å². The van der Waals surface area contributed by atoms with Crippen molar-refractivity contribution in [3.8, 4) is 0 Å². The van der Waals surface area contributed by atoms with Crippen LogP contribution in [0.1, 0.15) is 74.1 Å². The smallest absolute Gasteiger partial charge is 0.426 e. The zero-order valence-corrected chi connectivity index (χ0v) is 22.6. The molecule has 1 spiro atoms. The summed E-state index contributed by atoms with van der Waals surface area (Å²) in [6, 6.07) is 14.4. The highest BCUT2D eigenvalue weighted by Gasteiger charge is 2.60. The van der Waals surface area contributed by atoms with Crippen molar-refractivity contribution in [3.05, 3.63) is 70.8 Å². The lowest BCUT2D eigenvalue weighted by Crippen LogP contribution is -2.56. The van der Waals surface area contributed by atoms with Gasteiger partial charge in [0.05, 0.1) is 5.92 Å². The molecule has 1 saturated heterocycles. The second-order valence-corrected chi connectivity index (χ2v) is 12.9. The topological polar surface area (TPSA) is 57.6 Å². The second kappa shape index (κ2) is 9.31. The van der Waals surface area contributed by atoms with Crippen LogP contribution < -0.4 is 0 Å². The first-order valence-corrected chi connectivity index (χ1v) is 14.3. The number of hydrogen-bond acceptors (Lipinski definition) is 2. The van der Waals surface area contributed by atoms with Gasteiger partial charge in [-0.25, -0.2) is 4.39 Å². The van der Waals surface area contributed by atoms with Gasteiger partial charge >= 0.3 is 12.1 Å². The van der Waals surface area contributed by atoms with E-state index in [0.717, 1.165) is 42.4 Å². The highest BCUT2D eigenvalue weighted by atomic mass is 19.4. The molecule has 214 valence electrons. The first-order chi connectivity index (χ1) is 18.9. The number of carboxylic acids is 1. The fourth-order valence-corrected chi connectivity index (χ4v) is 8.31. The molecule has 3 atom stereocenters. The summed E-state index contributed by atoms with van der Waals surface area (Å²) >= 11 is 0. The number of aliphatic carboxylic acids is 1. The summed E-state index contributed by atoms with van der Waals surface area (Å²) < 4.78 is 55.4. The van der Waals surface area contributed by atoms with Crippen LogP contribution in [-0.4, -0.2) is 40.6 Å². The van der Waals surface area contributed by atoms with Crippen LogP contribution in [0.5, 0.6) is 0 Å². The Balaban J connectivity index is 1.27. The van der Waals surface area contributed by atoms with E-state index in [2.05, 4.69) is 12.1 Å². The normalized spacial score (nSPS) is 32.4. The minimum absolute atomic E-state index is 0.000566. The maximum atomic E-state index is 14.9. The predicted molar refractivity (Wildman–Crippen MR) is 141 cm³/mol. The first kappa shape index (κ1) is 27.3. The Morgan fingerprint density at radius 2 is 1.68 bits per heavy atom. The molecule has 6 rings (SSSR count). The summed E-state index contributed by atoms with van der Waals surface area (Å²) in [6.07, 6.45) is 1.13. The molecule has 2 saturated carbocycles. The SMILES string of the molecule is CC(F)(c1ccc2c(c1)CCC1N(C(=O)C3CC4(CC(C(=O)O)C4)C3)CCC21CCc1ccccc1)C(F)(F)F. The number of carbonyl (C=O) groups is 2. The van der Waals surface area contributed by atoms with Crippen molar-refractivity contribution in [3.63, 3.8) is 0 Å². The molecule has 1 heterocycles. The van der Waals surface area contributed by atoms with Crippen molar-refractivity contribution in [2.75, 3.05) is 6.54 Å². The van der Waals surface area contributed by atoms with Crippen molar-refractivity contribution in [2.24, 2.45) is 17.3 Å². The highest BCUT2D eigenvalue weighted by molar-refractivity contribution is 5.82. The van der Waals surface area contributed by atoms with Crippen LogP contribution in [0.15, 0.2) is 48.5 Å². The van der Waals surface area contributed by atoms with Crippen LogP contribution in [0.4, 0.5) is 17.6 Å². The quantitative estimate of drug-likeness (QED) is 0.400. The number of carbonyl (C=O) groups excluding carboxylic acids is 1. The van der Waals surface area contributed by atoms with E-state index in [-0.39, 0.29) is 34.8 Å². The van der Waals surface area contributed by atoms with Gasteiger partial charge in [-0.15, -0.1) is 0 Å². The summed E-state index contributed by atoms with van der Waals surface area (Å²) in [4.78, 5) is 27.1. The number of hydrogen-bond donors (Lipinski definition) is 1. The molecule has 1 N–H and O–H groups in total. The van der Waals surface area contributed by atoms with Gasteiger partial charge in [0.15, 0.2) is 0 Å². The van der Waals surface area contributed by atoms with E-state index in [0.29, 0.717) is 45.6 Å². The number of alkyl halides is 4. The van der Waals surface area contributed by atoms with E-state index in [1.807, 2.05) is 23.1 Å². The molecule has 3 unspecified atom stereocenters. The highest BCUT2D eigenvalue weighted by Crippen LogP contribution is 2.62. The van der Waals surface area contributed by atoms with Crippen LogP contribution in [-0.2, 0) is 33.5 Å². The van der Waals surface area contributed by atoms with Crippen LogP contribution in [0.25, 0.3) is 0 Å². The number of aryl methyl sites for hydroxylation is 2. The molecule has 0 aromatic heterocycles. The molecule has 0 radical (unpaired) electrons. The fraction of sp³-hybridized carbons (Fsp3) is 0.562. The number of benzene rings is 2. The average Bonchev–Trinajstić information content (AvgIpc) is 3.25. The van der Waals surface area contributed by atoms with Gasteiger partial charge in [-0.3, -0.25) is 9.59 Å². The van der Waals surface area contributed by atoms with Crippen molar-refractivity contribution >= 4 is 11.9 Å². The molecule has 1 aliphatic heterocycles. The predicted octanol–water partition coefficient (Wildman–Crippen LogP) is 6.74. The standard InChI is InChI=1S/C32H35F4NO3/c1-29(33,32(34,35)36)24-8-9-25-21(15-24)7-10-26-31(25,12-11-20-5-3-2-4-6-20)13-14-37(26)27(38)22-16-30(17-22)18-23(19-30)28(39)40/h2-6,8-9,15,22-23,26H,7,10-14,16-19H2,1H3,(H,39,40). The minimum Gasteiger partial charge on any atom is -0.481 e. The van der Waals surface area contributed by atoms with E-state index < -0.39 is 23.2 Å². The largest absolute Gasteiger partial charge is 0.481 e. The van der Waals surface area contributed by atoms with Gasteiger partial charge in [0.25, 0.3) is 0 Å². The molecule has 2 aromatic rings. The minimum atomic E-state index is -5.01. The third-order valence-corrected chi connectivity index (χ3v) is 10.6. The maximum Gasteiger partial charge on any atom is 0.426 e.